The van der Waals surface area contributed by atoms with Crippen molar-refractivity contribution in [2.24, 2.45) is 5.92 Å². The van der Waals surface area contributed by atoms with Crippen molar-refractivity contribution in [1.29, 1.82) is 5.26 Å². The van der Waals surface area contributed by atoms with Crippen molar-refractivity contribution in [3.05, 3.63) is 0 Å². The summed E-state index contributed by atoms with van der Waals surface area (Å²) in [6, 6.07) is 0.955. The van der Waals surface area contributed by atoms with Crippen molar-refractivity contribution in [3.8, 4) is 6.07 Å². The molecule has 0 bridgehead atoms. The fraction of sp³-hybridized carbons (Fsp3) is 0.700. The summed E-state index contributed by atoms with van der Waals surface area (Å²) in [6.45, 7) is 2.03. The molecule has 0 spiro atoms. The Morgan fingerprint density at radius 2 is 2.35 bits per heavy atom. The summed E-state index contributed by atoms with van der Waals surface area (Å²) in [5, 5.41) is 17.6. The largest absolute Gasteiger partial charge is 0.480 e. The van der Waals surface area contributed by atoms with Crippen LogP contribution in [0, 0.1) is 17.2 Å². The molecule has 1 fully saturated rings. The van der Waals surface area contributed by atoms with Gasteiger partial charge in [-0.1, -0.05) is 0 Å². The highest BCUT2D eigenvalue weighted by atomic mass is 32.2. The Balaban J connectivity index is 2.63. The minimum absolute atomic E-state index is 0.262. The standard InChI is InChI=1S/C10H15N3O3S/c1-7(3-11)4-12(2)10(16)13-6-17-5-8(13)9(14)15/h7-8H,4-6H2,1-2H3,(H,14,15). The van der Waals surface area contributed by atoms with Gasteiger partial charge in [0, 0.05) is 19.3 Å². The van der Waals surface area contributed by atoms with Crippen LogP contribution in [0.1, 0.15) is 6.92 Å². The number of thioether (sulfide) groups is 1. The van der Waals surface area contributed by atoms with E-state index in [2.05, 4.69) is 0 Å². The van der Waals surface area contributed by atoms with Crippen LogP contribution in [0.25, 0.3) is 0 Å². The molecule has 0 aromatic heterocycles. The number of hydrogen-bond donors (Lipinski definition) is 1. The number of carbonyl (C=O) groups is 2. The normalized spacial score (nSPS) is 20.8. The molecule has 0 radical (unpaired) electrons. The van der Waals surface area contributed by atoms with Crippen molar-refractivity contribution >= 4 is 23.8 Å². The molecule has 2 amide bonds. The molecule has 17 heavy (non-hydrogen) atoms. The quantitative estimate of drug-likeness (QED) is 0.802. The Morgan fingerprint density at radius 3 is 2.88 bits per heavy atom. The van der Waals surface area contributed by atoms with E-state index in [-0.39, 0.29) is 11.9 Å². The number of carboxylic acid groups (broad SMARTS) is 1. The van der Waals surface area contributed by atoms with Crippen molar-refractivity contribution in [2.75, 3.05) is 25.2 Å². The van der Waals surface area contributed by atoms with Gasteiger partial charge in [-0.3, -0.25) is 0 Å². The second-order valence-corrected chi connectivity index (χ2v) is 5.02. The van der Waals surface area contributed by atoms with Gasteiger partial charge >= 0.3 is 12.0 Å². The number of amides is 2. The van der Waals surface area contributed by atoms with E-state index in [0.717, 1.165) is 0 Å². The van der Waals surface area contributed by atoms with Crippen LogP contribution in [-0.4, -0.2) is 58.2 Å². The molecular formula is C10H15N3O3S. The fourth-order valence-electron chi connectivity index (χ4n) is 1.58. The van der Waals surface area contributed by atoms with Gasteiger partial charge in [-0.15, -0.1) is 11.8 Å². The molecule has 2 atom stereocenters. The van der Waals surface area contributed by atoms with Crippen LogP contribution >= 0.6 is 11.8 Å². The number of nitriles is 1. The second-order valence-electron chi connectivity index (χ2n) is 4.02. The van der Waals surface area contributed by atoms with Gasteiger partial charge < -0.3 is 14.9 Å². The highest BCUT2D eigenvalue weighted by Gasteiger charge is 2.36. The third-order valence-corrected chi connectivity index (χ3v) is 3.52. The molecular weight excluding hydrogens is 242 g/mol. The molecule has 2 unspecified atom stereocenters. The van der Waals surface area contributed by atoms with Crippen LogP contribution in [-0.2, 0) is 4.79 Å². The molecule has 94 valence electrons. The van der Waals surface area contributed by atoms with Crippen LogP contribution in [0.2, 0.25) is 0 Å². The molecule has 7 heteroatoms. The van der Waals surface area contributed by atoms with Gasteiger partial charge in [0.25, 0.3) is 0 Å². The summed E-state index contributed by atoms with van der Waals surface area (Å²) in [5.41, 5.74) is 0. The Hall–Kier alpha value is -1.42. The molecule has 1 aliphatic rings. The lowest BCUT2D eigenvalue weighted by molar-refractivity contribution is -0.140. The van der Waals surface area contributed by atoms with Gasteiger partial charge in [0.15, 0.2) is 0 Å². The minimum atomic E-state index is -0.981. The first-order valence-corrected chi connectivity index (χ1v) is 6.34. The monoisotopic (exact) mass is 257 g/mol. The van der Waals surface area contributed by atoms with Crippen LogP contribution in [0.4, 0.5) is 4.79 Å². The zero-order chi connectivity index (χ0) is 13.0. The molecule has 0 aromatic carbocycles. The maximum absolute atomic E-state index is 12.0. The van der Waals surface area contributed by atoms with E-state index in [1.54, 1.807) is 14.0 Å². The number of urea groups is 1. The molecule has 1 saturated heterocycles. The van der Waals surface area contributed by atoms with Crippen molar-refractivity contribution in [1.82, 2.24) is 9.80 Å². The number of rotatable bonds is 3. The average Bonchev–Trinajstić information content (AvgIpc) is 2.76. The SMILES string of the molecule is CC(C#N)CN(C)C(=O)N1CSCC1C(=O)O. The molecule has 1 aliphatic heterocycles. The lowest BCUT2D eigenvalue weighted by Gasteiger charge is -2.27. The second kappa shape index (κ2) is 5.77. The van der Waals surface area contributed by atoms with E-state index < -0.39 is 12.0 Å². The van der Waals surface area contributed by atoms with Gasteiger partial charge in [-0.2, -0.15) is 5.26 Å². The van der Waals surface area contributed by atoms with Crippen LogP contribution in [0.3, 0.4) is 0 Å². The zero-order valence-electron chi connectivity index (χ0n) is 9.79. The van der Waals surface area contributed by atoms with E-state index in [0.29, 0.717) is 18.2 Å². The van der Waals surface area contributed by atoms with Crippen LogP contribution in [0.5, 0.6) is 0 Å². The van der Waals surface area contributed by atoms with Crippen molar-refractivity contribution in [3.63, 3.8) is 0 Å². The predicted octanol–water partition coefficient (Wildman–Crippen LogP) is 0.657. The molecule has 1 heterocycles. The van der Waals surface area contributed by atoms with E-state index in [4.69, 9.17) is 10.4 Å². The fourth-order valence-corrected chi connectivity index (χ4v) is 2.72. The highest BCUT2D eigenvalue weighted by Crippen LogP contribution is 2.22. The van der Waals surface area contributed by atoms with Gasteiger partial charge in [0.1, 0.15) is 6.04 Å². The summed E-state index contributed by atoms with van der Waals surface area (Å²) in [6.07, 6.45) is 0. The maximum atomic E-state index is 12.0. The topological polar surface area (TPSA) is 84.6 Å². The molecule has 6 nitrogen and oxygen atoms in total. The predicted molar refractivity (Wildman–Crippen MR) is 63.4 cm³/mol. The Kier molecular flexibility index (Phi) is 4.63. The first kappa shape index (κ1) is 13.6. The lowest BCUT2D eigenvalue weighted by atomic mass is 10.2. The Morgan fingerprint density at radius 1 is 1.71 bits per heavy atom. The molecule has 0 saturated carbocycles. The average molecular weight is 257 g/mol. The molecule has 1 rings (SSSR count). The minimum Gasteiger partial charge on any atom is -0.480 e. The molecule has 1 N–H and O–H groups in total. The van der Waals surface area contributed by atoms with Crippen molar-refractivity contribution in [2.45, 2.75) is 13.0 Å². The number of hydrogen-bond acceptors (Lipinski definition) is 4. The van der Waals surface area contributed by atoms with E-state index in [1.165, 1.54) is 21.6 Å². The molecule has 0 aliphatic carbocycles. The summed E-state index contributed by atoms with van der Waals surface area (Å²) in [4.78, 5) is 25.6. The number of nitrogens with zero attached hydrogens (tertiary/aromatic N) is 3. The Labute approximate surface area is 104 Å². The van der Waals surface area contributed by atoms with Gasteiger partial charge in [0.05, 0.1) is 17.9 Å². The number of aliphatic carboxylic acids is 1. The summed E-state index contributed by atoms with van der Waals surface area (Å²) in [7, 11) is 1.58. The number of carboxylic acids is 1. The third-order valence-electron chi connectivity index (χ3n) is 2.51. The van der Waals surface area contributed by atoms with E-state index in [9.17, 15) is 9.59 Å². The summed E-state index contributed by atoms with van der Waals surface area (Å²) < 4.78 is 0. The van der Waals surface area contributed by atoms with E-state index in [1.807, 2.05) is 6.07 Å². The Bertz CT molecular complexity index is 355. The first-order chi connectivity index (χ1) is 7.97. The van der Waals surface area contributed by atoms with E-state index >= 15 is 0 Å². The molecule has 0 aromatic rings. The van der Waals surface area contributed by atoms with Gasteiger partial charge in [0.2, 0.25) is 0 Å². The first-order valence-electron chi connectivity index (χ1n) is 5.19. The summed E-state index contributed by atoms with van der Waals surface area (Å²) >= 11 is 1.42. The smallest absolute Gasteiger partial charge is 0.327 e. The van der Waals surface area contributed by atoms with Crippen molar-refractivity contribution < 1.29 is 14.7 Å². The van der Waals surface area contributed by atoms with Crippen LogP contribution < -0.4 is 0 Å². The lowest BCUT2D eigenvalue weighted by Crippen LogP contribution is -2.48. The zero-order valence-corrected chi connectivity index (χ0v) is 10.6. The number of carbonyl (C=O) groups excluding carboxylic acids is 1. The summed E-state index contributed by atoms with van der Waals surface area (Å²) in [5.74, 6) is -0.434. The van der Waals surface area contributed by atoms with Gasteiger partial charge in [-0.25, -0.2) is 9.59 Å². The third kappa shape index (κ3) is 3.27. The highest BCUT2D eigenvalue weighted by molar-refractivity contribution is 7.99. The van der Waals surface area contributed by atoms with Gasteiger partial charge in [-0.05, 0) is 6.92 Å². The maximum Gasteiger partial charge on any atom is 0.327 e. The van der Waals surface area contributed by atoms with Crippen LogP contribution in [0.15, 0.2) is 0 Å².